The topological polar surface area (TPSA) is 61.9 Å². The second kappa shape index (κ2) is 12.4. The summed E-state index contributed by atoms with van der Waals surface area (Å²) in [5, 5.41) is 3.89. The fourth-order valence-corrected chi connectivity index (χ4v) is 11.0. The molecule has 1 saturated carbocycles. The van der Waals surface area contributed by atoms with E-state index < -0.39 is 10.0 Å². The van der Waals surface area contributed by atoms with Crippen molar-refractivity contribution >= 4 is 38.8 Å². The van der Waals surface area contributed by atoms with Crippen LogP contribution in [-0.2, 0) is 14.8 Å². The van der Waals surface area contributed by atoms with Crippen LogP contribution in [0.5, 0.6) is 0 Å². The Labute approximate surface area is 241 Å². The van der Waals surface area contributed by atoms with Gasteiger partial charge in [-0.2, -0.15) is 0 Å². The number of quaternary nitrogens is 1. The van der Waals surface area contributed by atoms with E-state index >= 15 is 0 Å². The Balaban J connectivity index is 1.38. The summed E-state index contributed by atoms with van der Waals surface area (Å²) in [5.74, 6) is 1.67. The average Bonchev–Trinajstić information content (AvgIpc) is 3.60. The van der Waals surface area contributed by atoms with Gasteiger partial charge in [0.1, 0.15) is 23.4 Å². The monoisotopic (exact) mass is 579 g/mol. The predicted octanol–water partition coefficient (Wildman–Crippen LogP) is 5.87. The van der Waals surface area contributed by atoms with Gasteiger partial charge in [0, 0.05) is 33.0 Å². The van der Waals surface area contributed by atoms with E-state index in [4.69, 9.17) is 4.74 Å². The Morgan fingerprint density at radius 1 is 1.10 bits per heavy atom. The maximum absolute atomic E-state index is 13.3. The summed E-state index contributed by atoms with van der Waals surface area (Å²) in [6.07, 6.45) is 12.4. The predicted molar refractivity (Wildman–Crippen MR) is 165 cm³/mol. The molecular weight excluding hydrogens is 528 g/mol. The second-order valence-corrected chi connectivity index (χ2v) is 16.3. The van der Waals surface area contributed by atoms with E-state index in [2.05, 4.69) is 43.2 Å². The molecule has 0 radical (unpaired) electrons. The minimum atomic E-state index is -3.37. The second-order valence-electron chi connectivity index (χ2n) is 12.5. The Morgan fingerprint density at radius 2 is 1.90 bits per heavy atom. The van der Waals surface area contributed by atoms with E-state index in [1.54, 1.807) is 18.8 Å². The summed E-state index contributed by atoms with van der Waals surface area (Å²) in [7, 11) is 0.774. The molecule has 1 aliphatic carbocycles. The van der Waals surface area contributed by atoms with Gasteiger partial charge >= 0.3 is 0 Å². The molecule has 1 aromatic rings. The number of benzene rings is 1. The van der Waals surface area contributed by atoms with Crippen LogP contribution in [0.1, 0.15) is 78.1 Å². The van der Waals surface area contributed by atoms with Gasteiger partial charge in [0.25, 0.3) is 0 Å². The van der Waals surface area contributed by atoms with Crippen LogP contribution < -0.4 is 14.5 Å². The summed E-state index contributed by atoms with van der Waals surface area (Å²) in [6, 6.07) is 6.86. The smallest absolute Gasteiger partial charge is 0.247 e. The van der Waals surface area contributed by atoms with Gasteiger partial charge in [0.05, 0.1) is 36.7 Å². The molecular formula is C30H51N4O3S2+. The first-order valence-electron chi connectivity index (χ1n) is 15.5. The quantitative estimate of drug-likeness (QED) is 0.350. The number of nitrogens with one attached hydrogen (secondary N) is 1. The van der Waals surface area contributed by atoms with Gasteiger partial charge in [-0.15, -0.1) is 11.8 Å². The first-order chi connectivity index (χ1) is 18.7. The molecule has 0 bridgehead atoms. The largest absolute Gasteiger partial charge is 0.373 e. The van der Waals surface area contributed by atoms with Crippen LogP contribution in [0.2, 0.25) is 0 Å². The van der Waals surface area contributed by atoms with E-state index in [1.165, 1.54) is 48.5 Å². The van der Waals surface area contributed by atoms with Crippen molar-refractivity contribution in [2.45, 2.75) is 101 Å². The highest BCUT2D eigenvalue weighted by molar-refractivity contribution is 8.14. The number of sulfonamides is 1. The highest BCUT2D eigenvalue weighted by atomic mass is 32.3. The molecule has 220 valence electrons. The molecule has 7 nitrogen and oxygen atoms in total. The van der Waals surface area contributed by atoms with Crippen LogP contribution in [0, 0.1) is 5.92 Å². The lowest BCUT2D eigenvalue weighted by Gasteiger charge is -2.48. The number of hydrogen-bond acceptors (Lipinski definition) is 6. The number of nitrogens with zero attached hydrogens (tertiary/aromatic N) is 3. The van der Waals surface area contributed by atoms with Gasteiger partial charge < -0.3 is 19.4 Å². The highest BCUT2D eigenvalue weighted by Gasteiger charge is 2.43. The lowest BCUT2D eigenvalue weighted by molar-refractivity contribution is -0.940. The van der Waals surface area contributed by atoms with Gasteiger partial charge in [-0.3, -0.25) is 4.31 Å². The van der Waals surface area contributed by atoms with Crippen molar-refractivity contribution in [3.05, 3.63) is 18.2 Å². The van der Waals surface area contributed by atoms with Crippen LogP contribution in [0.4, 0.5) is 17.1 Å². The fraction of sp³-hybridized carbons (Fsp3) is 0.800. The molecule has 2 saturated heterocycles. The number of anilines is 3. The lowest BCUT2D eigenvalue weighted by Crippen LogP contribution is -2.61. The minimum absolute atomic E-state index is 0.238. The van der Waals surface area contributed by atoms with Gasteiger partial charge in [0.2, 0.25) is 10.0 Å². The normalized spacial score (nSPS) is 31.7. The van der Waals surface area contributed by atoms with Crippen molar-refractivity contribution in [2.75, 3.05) is 60.6 Å². The number of rotatable bonds is 10. The van der Waals surface area contributed by atoms with E-state index in [1.807, 2.05) is 6.07 Å². The van der Waals surface area contributed by atoms with Crippen molar-refractivity contribution in [1.82, 2.24) is 0 Å². The molecule has 3 heterocycles. The fourth-order valence-electron chi connectivity index (χ4n) is 7.46. The number of fused-ring (bicyclic) bond motifs is 1. The summed E-state index contributed by atoms with van der Waals surface area (Å²) < 4.78 is 35.0. The number of likely N-dealkylation sites (tertiary alicyclic amines) is 1. The summed E-state index contributed by atoms with van der Waals surface area (Å²) in [6.45, 7) is 8.50. The molecule has 5 atom stereocenters. The first-order valence-corrected chi connectivity index (χ1v) is 18.0. The van der Waals surface area contributed by atoms with Crippen molar-refractivity contribution in [1.29, 1.82) is 0 Å². The van der Waals surface area contributed by atoms with Gasteiger partial charge in [-0.05, 0) is 75.8 Å². The van der Waals surface area contributed by atoms with E-state index in [9.17, 15) is 8.42 Å². The van der Waals surface area contributed by atoms with Gasteiger partial charge in [-0.1, -0.05) is 19.3 Å². The number of ether oxygens (including phenoxy) is 1. The van der Waals surface area contributed by atoms with Crippen molar-refractivity contribution in [2.24, 2.45) is 5.92 Å². The first kappa shape index (κ1) is 29.3. The molecule has 0 spiro atoms. The molecule has 3 fully saturated rings. The van der Waals surface area contributed by atoms with Crippen molar-refractivity contribution < 1.29 is 17.6 Å². The minimum Gasteiger partial charge on any atom is -0.373 e. The van der Waals surface area contributed by atoms with Crippen LogP contribution in [0.3, 0.4) is 0 Å². The zero-order chi connectivity index (χ0) is 27.6. The van der Waals surface area contributed by atoms with Gasteiger partial charge in [0.15, 0.2) is 0 Å². The standard InChI is InChI=1S/C30H51N4O3S2/c1-5-34(4)22-26(37-6-2)16-15-25(34)20-29-31-27-19-24(32(3)39(35,36)30-13-10-18-38-30)14-17-28(27)33(29)21-23-11-8-7-9-12-23/h14,17,19,23,25-26,29-31H,5-13,15-16,18,20-22H2,1-4H3/q+1. The van der Waals surface area contributed by atoms with Crippen LogP contribution in [-0.4, -0.2) is 81.9 Å². The third-order valence-electron chi connectivity index (χ3n) is 10.1. The molecule has 4 aliphatic rings. The molecule has 5 rings (SSSR count). The summed E-state index contributed by atoms with van der Waals surface area (Å²) in [4.78, 5) is 2.63. The molecule has 5 unspecified atom stereocenters. The third-order valence-corrected chi connectivity index (χ3v) is 14.2. The van der Waals surface area contributed by atoms with Gasteiger partial charge in [-0.25, -0.2) is 8.42 Å². The van der Waals surface area contributed by atoms with Crippen molar-refractivity contribution in [3.63, 3.8) is 0 Å². The molecule has 0 amide bonds. The van der Waals surface area contributed by atoms with E-state index in [0.29, 0.717) is 12.1 Å². The average molecular weight is 580 g/mol. The summed E-state index contributed by atoms with van der Waals surface area (Å²) in [5.41, 5.74) is 3.09. The lowest BCUT2D eigenvalue weighted by atomic mass is 9.88. The van der Waals surface area contributed by atoms with Crippen LogP contribution in [0.25, 0.3) is 0 Å². The van der Waals surface area contributed by atoms with Crippen LogP contribution >= 0.6 is 11.8 Å². The molecule has 0 aromatic heterocycles. The number of piperidine rings is 1. The SMILES string of the molecule is CCOC1CCC(CC2Nc3cc(N(C)S(=O)(=O)C4CCCS4)ccc3N2CC2CCCCC2)[N+](C)(CC)C1. The Morgan fingerprint density at radius 3 is 2.59 bits per heavy atom. The Kier molecular flexibility index (Phi) is 9.31. The van der Waals surface area contributed by atoms with Crippen LogP contribution in [0.15, 0.2) is 18.2 Å². The Bertz CT molecular complexity index is 1070. The zero-order valence-electron chi connectivity index (χ0n) is 24.6. The summed E-state index contributed by atoms with van der Waals surface area (Å²) >= 11 is 1.58. The molecule has 1 aromatic carbocycles. The Hall–Kier alpha value is -1.16. The molecule has 1 N–H and O–H groups in total. The van der Waals surface area contributed by atoms with E-state index in [0.717, 1.165) is 79.5 Å². The molecule has 39 heavy (non-hydrogen) atoms. The maximum atomic E-state index is 13.3. The number of hydrogen-bond donors (Lipinski definition) is 1. The van der Waals surface area contributed by atoms with Crippen molar-refractivity contribution in [3.8, 4) is 0 Å². The zero-order valence-corrected chi connectivity index (χ0v) is 26.2. The molecule has 3 aliphatic heterocycles. The number of likely N-dealkylation sites (N-methyl/N-ethyl adjacent to an activating group) is 1. The third kappa shape index (κ3) is 6.21. The van der Waals surface area contributed by atoms with E-state index in [-0.39, 0.29) is 10.7 Å². The maximum Gasteiger partial charge on any atom is 0.247 e. The molecule has 9 heteroatoms. The number of thioether (sulfide) groups is 1. The highest BCUT2D eigenvalue weighted by Crippen LogP contribution is 2.43.